The molecule has 66 valence electrons. The average molecular weight is 206 g/mol. The minimum Gasteiger partial charge on any atom is -0.505 e. The lowest BCUT2D eigenvalue weighted by Gasteiger charge is -2.15. The Bertz CT molecular complexity index is 299. The summed E-state index contributed by atoms with van der Waals surface area (Å²) < 4.78 is 0. The molecule has 1 N–H and O–H groups in total. The van der Waals surface area contributed by atoms with Gasteiger partial charge in [0.1, 0.15) is 5.02 Å². The summed E-state index contributed by atoms with van der Waals surface area (Å²) in [6, 6.07) is 3.36. The zero-order chi connectivity index (χ0) is 9.30. The smallest absolute Gasteiger partial charge is 0.154 e. The number of phenolic OH excluding ortho intramolecular Hbond substituents is 1. The molecule has 0 aliphatic rings. The van der Waals surface area contributed by atoms with Gasteiger partial charge < -0.3 is 10.0 Å². The summed E-state index contributed by atoms with van der Waals surface area (Å²) in [5, 5.41) is 9.90. The Morgan fingerprint density at radius 2 is 1.83 bits per heavy atom. The maximum Gasteiger partial charge on any atom is 0.154 e. The molecular weight excluding hydrogens is 197 g/mol. The van der Waals surface area contributed by atoms with E-state index in [1.807, 2.05) is 14.1 Å². The highest BCUT2D eigenvalue weighted by molar-refractivity contribution is 6.38. The monoisotopic (exact) mass is 205 g/mol. The third-order valence-corrected chi connectivity index (χ3v) is 2.21. The van der Waals surface area contributed by atoms with Crippen molar-refractivity contribution in [2.75, 3.05) is 19.0 Å². The summed E-state index contributed by atoms with van der Waals surface area (Å²) in [7, 11) is 3.68. The predicted molar refractivity (Wildman–Crippen MR) is 52.5 cm³/mol. The lowest BCUT2D eigenvalue weighted by molar-refractivity contribution is 0.476. The van der Waals surface area contributed by atoms with Crippen molar-refractivity contribution < 1.29 is 5.11 Å². The van der Waals surface area contributed by atoms with Gasteiger partial charge in [0.25, 0.3) is 0 Å². The number of benzene rings is 1. The molecule has 2 nitrogen and oxygen atoms in total. The topological polar surface area (TPSA) is 23.5 Å². The first kappa shape index (κ1) is 9.49. The number of nitrogens with zero attached hydrogens (tertiary/aromatic N) is 1. The normalized spacial score (nSPS) is 10.0. The van der Waals surface area contributed by atoms with E-state index in [0.29, 0.717) is 0 Å². The van der Waals surface area contributed by atoms with Crippen LogP contribution in [0.3, 0.4) is 0 Å². The van der Waals surface area contributed by atoms with Crippen molar-refractivity contribution in [3.8, 4) is 5.75 Å². The number of halogens is 2. The molecule has 4 heteroatoms. The highest BCUT2D eigenvalue weighted by Gasteiger charge is 2.09. The van der Waals surface area contributed by atoms with Crippen molar-refractivity contribution in [1.29, 1.82) is 0 Å². The number of hydrogen-bond donors (Lipinski definition) is 1. The minimum atomic E-state index is -0.0652. The zero-order valence-electron chi connectivity index (χ0n) is 6.81. The number of anilines is 1. The molecule has 1 aromatic carbocycles. The van der Waals surface area contributed by atoms with E-state index in [1.165, 1.54) is 0 Å². The van der Waals surface area contributed by atoms with Gasteiger partial charge in [-0.2, -0.15) is 0 Å². The number of rotatable bonds is 1. The fourth-order valence-corrected chi connectivity index (χ4v) is 1.42. The SMILES string of the molecule is CN(C)c1ccc(Cl)c(O)c1Cl. The Morgan fingerprint density at radius 3 is 2.33 bits per heavy atom. The molecule has 0 saturated heterocycles. The van der Waals surface area contributed by atoms with Crippen molar-refractivity contribution in [1.82, 2.24) is 0 Å². The Hall–Kier alpha value is -0.600. The molecule has 1 aromatic rings. The third-order valence-electron chi connectivity index (χ3n) is 1.53. The third kappa shape index (κ3) is 1.59. The Labute approximate surface area is 81.3 Å². The van der Waals surface area contributed by atoms with Crippen LogP contribution in [0.4, 0.5) is 5.69 Å². The van der Waals surface area contributed by atoms with Crippen LogP contribution < -0.4 is 4.90 Å². The molecular formula is C8H9Cl2NO. The standard InChI is InChI=1S/C8H9Cl2NO/c1-11(2)6-4-3-5(9)8(12)7(6)10/h3-4,12H,1-2H3. The van der Waals surface area contributed by atoms with Gasteiger partial charge in [-0.15, -0.1) is 0 Å². The van der Waals surface area contributed by atoms with E-state index in [2.05, 4.69) is 0 Å². The maximum absolute atomic E-state index is 9.35. The molecule has 0 aromatic heterocycles. The van der Waals surface area contributed by atoms with Gasteiger partial charge in [-0.1, -0.05) is 23.2 Å². The average Bonchev–Trinajstić information content (AvgIpc) is 2.00. The van der Waals surface area contributed by atoms with Gasteiger partial charge in [0.2, 0.25) is 0 Å². The summed E-state index contributed by atoms with van der Waals surface area (Å²) in [6.45, 7) is 0. The van der Waals surface area contributed by atoms with Gasteiger partial charge >= 0.3 is 0 Å². The molecule has 0 radical (unpaired) electrons. The lowest BCUT2D eigenvalue weighted by atomic mass is 10.3. The van der Waals surface area contributed by atoms with Crippen LogP contribution >= 0.6 is 23.2 Å². The van der Waals surface area contributed by atoms with Crippen molar-refractivity contribution in [2.24, 2.45) is 0 Å². The maximum atomic E-state index is 9.35. The largest absolute Gasteiger partial charge is 0.505 e. The van der Waals surface area contributed by atoms with Gasteiger partial charge in [0, 0.05) is 14.1 Å². The second-order valence-electron chi connectivity index (χ2n) is 2.62. The zero-order valence-corrected chi connectivity index (χ0v) is 8.32. The quantitative estimate of drug-likeness (QED) is 0.763. The number of aromatic hydroxyl groups is 1. The second-order valence-corrected chi connectivity index (χ2v) is 3.41. The van der Waals surface area contributed by atoms with Crippen LogP contribution in [0.25, 0.3) is 0 Å². The van der Waals surface area contributed by atoms with Crippen LogP contribution in [-0.4, -0.2) is 19.2 Å². The van der Waals surface area contributed by atoms with Crippen LogP contribution in [0, 0.1) is 0 Å². The van der Waals surface area contributed by atoms with Crippen LogP contribution in [0.5, 0.6) is 5.75 Å². The first-order valence-electron chi connectivity index (χ1n) is 3.38. The number of hydrogen-bond acceptors (Lipinski definition) is 2. The highest BCUT2D eigenvalue weighted by Crippen LogP contribution is 2.38. The summed E-state index contributed by atoms with van der Waals surface area (Å²) in [6.07, 6.45) is 0. The van der Waals surface area contributed by atoms with Crippen molar-refractivity contribution in [3.63, 3.8) is 0 Å². The highest BCUT2D eigenvalue weighted by atomic mass is 35.5. The summed E-state index contributed by atoms with van der Waals surface area (Å²) >= 11 is 11.5. The summed E-state index contributed by atoms with van der Waals surface area (Å²) in [4.78, 5) is 1.80. The van der Waals surface area contributed by atoms with Crippen molar-refractivity contribution in [3.05, 3.63) is 22.2 Å². The first-order valence-corrected chi connectivity index (χ1v) is 4.14. The van der Waals surface area contributed by atoms with E-state index < -0.39 is 0 Å². The van der Waals surface area contributed by atoms with Gasteiger partial charge in [0.05, 0.1) is 10.7 Å². The summed E-state index contributed by atoms with van der Waals surface area (Å²) in [5.41, 5.74) is 0.749. The molecule has 0 aliphatic carbocycles. The molecule has 0 atom stereocenters. The predicted octanol–water partition coefficient (Wildman–Crippen LogP) is 2.77. The van der Waals surface area contributed by atoms with E-state index in [0.717, 1.165) is 5.69 Å². The van der Waals surface area contributed by atoms with Gasteiger partial charge in [-0.05, 0) is 12.1 Å². The van der Waals surface area contributed by atoms with Crippen molar-refractivity contribution >= 4 is 28.9 Å². The van der Waals surface area contributed by atoms with Crippen LogP contribution in [0.15, 0.2) is 12.1 Å². The van der Waals surface area contributed by atoms with Gasteiger partial charge in [-0.3, -0.25) is 0 Å². The fourth-order valence-electron chi connectivity index (χ4n) is 0.876. The van der Waals surface area contributed by atoms with Crippen LogP contribution in [-0.2, 0) is 0 Å². The van der Waals surface area contributed by atoms with Gasteiger partial charge in [0.15, 0.2) is 5.75 Å². The second kappa shape index (κ2) is 3.42. The van der Waals surface area contributed by atoms with Gasteiger partial charge in [-0.25, -0.2) is 0 Å². The molecule has 0 aliphatic heterocycles. The molecule has 0 spiro atoms. The van der Waals surface area contributed by atoms with E-state index >= 15 is 0 Å². The first-order chi connectivity index (χ1) is 5.54. The Balaban J connectivity index is 3.27. The molecule has 0 amide bonds. The van der Waals surface area contributed by atoms with Crippen molar-refractivity contribution in [2.45, 2.75) is 0 Å². The summed E-state index contributed by atoms with van der Waals surface area (Å²) in [5.74, 6) is -0.0652. The Morgan fingerprint density at radius 1 is 1.25 bits per heavy atom. The molecule has 0 saturated carbocycles. The van der Waals surface area contributed by atoms with E-state index in [9.17, 15) is 5.11 Å². The van der Waals surface area contributed by atoms with Crippen LogP contribution in [0.2, 0.25) is 10.0 Å². The van der Waals surface area contributed by atoms with E-state index in [1.54, 1.807) is 17.0 Å². The molecule has 1 rings (SSSR count). The van der Waals surface area contributed by atoms with E-state index in [-0.39, 0.29) is 15.8 Å². The molecule has 12 heavy (non-hydrogen) atoms. The molecule has 0 heterocycles. The van der Waals surface area contributed by atoms with Crippen LogP contribution in [0.1, 0.15) is 0 Å². The fraction of sp³-hybridized carbons (Fsp3) is 0.250. The molecule has 0 fully saturated rings. The van der Waals surface area contributed by atoms with E-state index in [4.69, 9.17) is 23.2 Å². The number of phenols is 1. The minimum absolute atomic E-state index is 0.0652. The molecule has 0 unspecified atom stereocenters. The molecule has 0 bridgehead atoms. The Kier molecular flexibility index (Phi) is 2.70. The lowest BCUT2D eigenvalue weighted by Crippen LogP contribution is -2.08.